The predicted molar refractivity (Wildman–Crippen MR) is 94.2 cm³/mol. The first kappa shape index (κ1) is 20.8. The summed E-state index contributed by atoms with van der Waals surface area (Å²) in [6, 6.07) is 1.31. The van der Waals surface area contributed by atoms with Gasteiger partial charge in [-0.15, -0.1) is 0 Å². The van der Waals surface area contributed by atoms with E-state index in [0.717, 1.165) is 12.1 Å². The maximum absolute atomic E-state index is 13.2. The zero-order valence-corrected chi connectivity index (χ0v) is 15.0. The van der Waals surface area contributed by atoms with E-state index in [1.54, 1.807) is 0 Å². The minimum absolute atomic E-state index is 0.0374. The lowest BCUT2D eigenvalue weighted by Gasteiger charge is -2.31. The Kier molecular flexibility index (Phi) is 6.53. The third kappa shape index (κ3) is 5.03. The van der Waals surface area contributed by atoms with Gasteiger partial charge in [-0.2, -0.15) is 0 Å². The molecule has 0 bridgehead atoms. The largest absolute Gasteiger partial charge is 0.390 e. The third-order valence-corrected chi connectivity index (χ3v) is 4.41. The summed E-state index contributed by atoms with van der Waals surface area (Å²) in [5.74, 6) is -2.77. The van der Waals surface area contributed by atoms with Crippen molar-refractivity contribution in [3.63, 3.8) is 0 Å². The molecule has 1 aromatic rings. The standard InChI is InChI=1S/C17H19ClFN3O5/c1-7(15(20)25)21-17(27)9-5-12(14(24)13(23)6-9)22-16(26)8-2-3-11(19)10(18)4-8/h2-5,7,12-14,23-24H,6H2,1H3,(H2,20,25)(H,21,27)(H,22,26). The molecule has 4 atom stereocenters. The van der Waals surface area contributed by atoms with Crippen molar-refractivity contribution in [2.45, 2.75) is 37.6 Å². The molecule has 0 saturated heterocycles. The highest BCUT2D eigenvalue weighted by Crippen LogP contribution is 2.21. The molecule has 4 unspecified atom stereocenters. The average molecular weight is 400 g/mol. The Morgan fingerprint density at radius 2 is 1.96 bits per heavy atom. The molecule has 27 heavy (non-hydrogen) atoms. The lowest BCUT2D eigenvalue weighted by molar-refractivity contribution is -0.125. The van der Waals surface area contributed by atoms with Crippen LogP contribution in [0.1, 0.15) is 23.7 Å². The molecule has 10 heteroatoms. The minimum Gasteiger partial charge on any atom is -0.390 e. The summed E-state index contributed by atoms with van der Waals surface area (Å²) in [7, 11) is 0. The molecule has 1 aliphatic carbocycles. The molecule has 0 fully saturated rings. The molecule has 0 aliphatic heterocycles. The number of benzene rings is 1. The van der Waals surface area contributed by atoms with Crippen LogP contribution in [-0.2, 0) is 9.59 Å². The van der Waals surface area contributed by atoms with Crippen LogP contribution < -0.4 is 16.4 Å². The molecule has 6 N–H and O–H groups in total. The van der Waals surface area contributed by atoms with E-state index in [1.807, 2.05) is 0 Å². The monoisotopic (exact) mass is 399 g/mol. The number of aliphatic hydroxyl groups excluding tert-OH is 2. The summed E-state index contributed by atoms with van der Waals surface area (Å²) in [6.45, 7) is 1.40. The van der Waals surface area contributed by atoms with Gasteiger partial charge in [0.15, 0.2) is 0 Å². The van der Waals surface area contributed by atoms with E-state index in [4.69, 9.17) is 17.3 Å². The maximum Gasteiger partial charge on any atom is 0.251 e. The molecule has 8 nitrogen and oxygen atoms in total. The van der Waals surface area contributed by atoms with Crippen LogP contribution in [0.15, 0.2) is 29.8 Å². The van der Waals surface area contributed by atoms with Crippen LogP contribution >= 0.6 is 11.6 Å². The number of carbonyl (C=O) groups is 3. The second-order valence-electron chi connectivity index (χ2n) is 6.18. The van der Waals surface area contributed by atoms with E-state index >= 15 is 0 Å². The summed E-state index contributed by atoms with van der Waals surface area (Å²) in [6.07, 6.45) is -1.58. The summed E-state index contributed by atoms with van der Waals surface area (Å²) in [5, 5.41) is 24.6. The Morgan fingerprint density at radius 3 is 2.56 bits per heavy atom. The molecule has 1 aliphatic rings. The second-order valence-corrected chi connectivity index (χ2v) is 6.59. The SMILES string of the molecule is CC(NC(=O)C1=CC(NC(=O)c2ccc(F)c(Cl)c2)C(O)C(O)C1)C(N)=O. The Hall–Kier alpha value is -2.49. The van der Waals surface area contributed by atoms with Crippen LogP contribution in [0.5, 0.6) is 0 Å². The van der Waals surface area contributed by atoms with Gasteiger partial charge in [0, 0.05) is 17.6 Å². The van der Waals surface area contributed by atoms with E-state index in [1.165, 1.54) is 19.1 Å². The maximum atomic E-state index is 13.2. The molecule has 0 saturated carbocycles. The zero-order chi connectivity index (χ0) is 20.3. The molecule has 1 aromatic carbocycles. The van der Waals surface area contributed by atoms with Crippen LogP contribution in [0.3, 0.4) is 0 Å². The molecule has 3 amide bonds. The summed E-state index contributed by atoms with van der Waals surface area (Å²) < 4.78 is 13.2. The van der Waals surface area contributed by atoms with Gasteiger partial charge in [-0.25, -0.2) is 4.39 Å². The Bertz CT molecular complexity index is 801. The number of nitrogens with one attached hydrogen (secondary N) is 2. The smallest absolute Gasteiger partial charge is 0.251 e. The van der Waals surface area contributed by atoms with Gasteiger partial charge in [-0.3, -0.25) is 14.4 Å². The quantitative estimate of drug-likeness (QED) is 0.459. The van der Waals surface area contributed by atoms with Crippen LogP contribution in [0.2, 0.25) is 5.02 Å². The van der Waals surface area contributed by atoms with Gasteiger partial charge < -0.3 is 26.6 Å². The molecule has 0 radical (unpaired) electrons. The van der Waals surface area contributed by atoms with Gasteiger partial charge in [0.05, 0.1) is 17.2 Å². The molecule has 146 valence electrons. The Morgan fingerprint density at radius 1 is 1.30 bits per heavy atom. The highest BCUT2D eigenvalue weighted by Gasteiger charge is 2.34. The molecular weight excluding hydrogens is 381 g/mol. The number of hydrogen-bond acceptors (Lipinski definition) is 5. The van der Waals surface area contributed by atoms with Crippen molar-refractivity contribution < 1.29 is 29.0 Å². The van der Waals surface area contributed by atoms with Gasteiger partial charge in [-0.1, -0.05) is 17.7 Å². The zero-order valence-electron chi connectivity index (χ0n) is 14.3. The van der Waals surface area contributed by atoms with E-state index in [9.17, 15) is 29.0 Å². The first-order chi connectivity index (χ1) is 12.6. The van der Waals surface area contributed by atoms with E-state index in [2.05, 4.69) is 10.6 Å². The van der Waals surface area contributed by atoms with Gasteiger partial charge >= 0.3 is 0 Å². The number of amides is 3. The number of aliphatic hydroxyl groups is 2. The average Bonchev–Trinajstić information content (AvgIpc) is 2.60. The van der Waals surface area contributed by atoms with Crippen LogP contribution in [-0.4, -0.2) is 52.2 Å². The lowest BCUT2D eigenvalue weighted by atomic mass is 9.89. The molecule has 2 rings (SSSR count). The number of carbonyl (C=O) groups excluding carboxylic acids is 3. The third-order valence-electron chi connectivity index (χ3n) is 4.12. The fourth-order valence-corrected chi connectivity index (χ4v) is 2.68. The molecule has 0 heterocycles. The molecular formula is C17H19ClFN3O5. The van der Waals surface area contributed by atoms with Crippen LogP contribution in [0, 0.1) is 5.82 Å². The van der Waals surface area contributed by atoms with E-state index in [-0.39, 0.29) is 22.6 Å². The summed E-state index contributed by atoms with van der Waals surface area (Å²) in [4.78, 5) is 35.5. The topological polar surface area (TPSA) is 142 Å². The van der Waals surface area contributed by atoms with E-state index in [0.29, 0.717) is 0 Å². The normalized spacial score (nSPS) is 23.1. The van der Waals surface area contributed by atoms with Gasteiger partial charge in [-0.05, 0) is 25.1 Å². The first-order valence-electron chi connectivity index (χ1n) is 8.03. The second kappa shape index (κ2) is 8.47. The van der Waals surface area contributed by atoms with Crippen LogP contribution in [0.4, 0.5) is 4.39 Å². The fourth-order valence-electron chi connectivity index (χ4n) is 2.50. The first-order valence-corrected chi connectivity index (χ1v) is 8.41. The van der Waals surface area contributed by atoms with Gasteiger partial charge in [0.1, 0.15) is 18.0 Å². The van der Waals surface area contributed by atoms with E-state index < -0.39 is 47.8 Å². The van der Waals surface area contributed by atoms with Crippen molar-refractivity contribution in [3.8, 4) is 0 Å². The van der Waals surface area contributed by atoms with Crippen molar-refractivity contribution in [2.75, 3.05) is 0 Å². The summed E-state index contributed by atoms with van der Waals surface area (Å²) in [5.41, 5.74) is 5.20. The highest BCUT2D eigenvalue weighted by atomic mass is 35.5. The number of rotatable bonds is 5. The number of halogens is 2. The number of hydrogen-bond donors (Lipinski definition) is 5. The summed E-state index contributed by atoms with van der Waals surface area (Å²) >= 11 is 5.64. The molecule has 0 aromatic heterocycles. The van der Waals surface area contributed by atoms with Crippen molar-refractivity contribution in [2.24, 2.45) is 5.73 Å². The van der Waals surface area contributed by atoms with Crippen molar-refractivity contribution in [1.82, 2.24) is 10.6 Å². The Balaban J connectivity index is 2.17. The van der Waals surface area contributed by atoms with Crippen LogP contribution in [0.25, 0.3) is 0 Å². The van der Waals surface area contributed by atoms with Gasteiger partial charge in [0.2, 0.25) is 11.8 Å². The lowest BCUT2D eigenvalue weighted by Crippen LogP contribution is -2.51. The van der Waals surface area contributed by atoms with Crippen molar-refractivity contribution in [3.05, 3.63) is 46.3 Å². The number of nitrogens with two attached hydrogens (primary N) is 1. The highest BCUT2D eigenvalue weighted by molar-refractivity contribution is 6.31. The van der Waals surface area contributed by atoms with Gasteiger partial charge in [0.25, 0.3) is 5.91 Å². The fraction of sp³-hybridized carbons (Fsp3) is 0.353. The molecule has 0 spiro atoms. The minimum atomic E-state index is -1.37. The van der Waals surface area contributed by atoms with Crippen molar-refractivity contribution >= 4 is 29.3 Å². The predicted octanol–water partition coefficient (Wildman–Crippen LogP) is -0.381. The Labute approximate surface area is 159 Å². The van der Waals surface area contributed by atoms with Crippen molar-refractivity contribution in [1.29, 1.82) is 0 Å². The number of primary amides is 1.